The molecule has 19 nitrogen and oxygen atoms in total. The maximum atomic E-state index is 13.2. The molecule has 17 unspecified atom stereocenters. The van der Waals surface area contributed by atoms with Crippen molar-refractivity contribution in [2.45, 2.75) is 221 Å². The van der Waals surface area contributed by atoms with Crippen LogP contribution in [0.1, 0.15) is 117 Å². The van der Waals surface area contributed by atoms with E-state index >= 15 is 0 Å². The zero-order valence-corrected chi connectivity index (χ0v) is 45.1. The number of unbranched alkanes of at least 4 members (excludes halogenated alkanes) is 5. The van der Waals surface area contributed by atoms with Crippen LogP contribution < -0.4 is 5.32 Å². The maximum absolute atomic E-state index is 13.2. The number of nitrogens with one attached hydrogen (secondary N) is 1. The smallest absolute Gasteiger partial charge is 0.220 e. The van der Waals surface area contributed by atoms with Crippen molar-refractivity contribution in [2.75, 3.05) is 26.4 Å². The minimum atomic E-state index is -1.99. The summed E-state index contributed by atoms with van der Waals surface area (Å²) in [5, 5.41) is 119. The quantitative estimate of drug-likeness (QED) is 0.0313. The molecule has 3 saturated heterocycles. The van der Waals surface area contributed by atoms with Crippen molar-refractivity contribution < 1.29 is 89.4 Å². The third-order valence-corrected chi connectivity index (χ3v) is 13.1. The second-order valence-electron chi connectivity index (χ2n) is 19.3. The van der Waals surface area contributed by atoms with E-state index in [0.29, 0.717) is 12.8 Å². The largest absolute Gasteiger partial charge is 0.394 e. The van der Waals surface area contributed by atoms with Gasteiger partial charge in [-0.1, -0.05) is 136 Å². The highest BCUT2D eigenvalue weighted by molar-refractivity contribution is 5.76. The molecule has 3 aliphatic heterocycles. The van der Waals surface area contributed by atoms with Gasteiger partial charge >= 0.3 is 0 Å². The van der Waals surface area contributed by atoms with Crippen LogP contribution in [-0.2, 0) is 33.2 Å². The van der Waals surface area contributed by atoms with Gasteiger partial charge in [0.2, 0.25) is 5.91 Å². The lowest BCUT2D eigenvalue weighted by Crippen LogP contribution is -2.66. The SMILES string of the molecule is CC/C=C\C/C=C\C/C=C\C/C=C\C/C=C\C/C=C\C/C=C\C/C=C\CCCCC(=O)NC(COC1OC(CO)C(OC2OC(CO)C(OC3OC(CO)C(O)C(O)C3O)C(O)C2O)C(O)C1O)C(O)/C=C/CCCCC. The van der Waals surface area contributed by atoms with E-state index in [4.69, 9.17) is 28.4 Å². The van der Waals surface area contributed by atoms with Gasteiger partial charge in [0.15, 0.2) is 18.9 Å². The summed E-state index contributed by atoms with van der Waals surface area (Å²) in [6.07, 6.45) is 24.5. The minimum absolute atomic E-state index is 0.178. The van der Waals surface area contributed by atoms with Crippen LogP contribution in [0.15, 0.2) is 109 Å². The first-order valence-corrected chi connectivity index (χ1v) is 27.6. The van der Waals surface area contributed by atoms with Gasteiger partial charge in [-0.25, -0.2) is 0 Å². The summed E-state index contributed by atoms with van der Waals surface area (Å²) in [6, 6.07) is -1.00. The van der Waals surface area contributed by atoms with E-state index in [9.17, 15) is 61.0 Å². The number of aliphatic hydroxyl groups is 11. The van der Waals surface area contributed by atoms with Crippen molar-refractivity contribution >= 4 is 5.91 Å². The second kappa shape index (κ2) is 40.6. The van der Waals surface area contributed by atoms with Gasteiger partial charge in [-0.15, -0.1) is 0 Å². The van der Waals surface area contributed by atoms with Gasteiger partial charge in [-0.3, -0.25) is 4.79 Å². The summed E-state index contributed by atoms with van der Waals surface area (Å²) in [7, 11) is 0. The molecule has 3 aliphatic rings. The molecule has 3 rings (SSSR count). The Morgan fingerprint density at radius 2 is 0.883 bits per heavy atom. The zero-order valence-electron chi connectivity index (χ0n) is 45.1. The van der Waals surface area contributed by atoms with Gasteiger partial charge in [0.05, 0.1) is 38.6 Å². The van der Waals surface area contributed by atoms with E-state index < -0.39 is 124 Å². The van der Waals surface area contributed by atoms with Gasteiger partial charge in [0.25, 0.3) is 0 Å². The summed E-state index contributed by atoms with van der Waals surface area (Å²) < 4.78 is 34.0. The van der Waals surface area contributed by atoms with Crippen molar-refractivity contribution in [1.82, 2.24) is 5.32 Å². The molecule has 19 heteroatoms. The summed E-state index contributed by atoms with van der Waals surface area (Å²) in [5.74, 6) is -0.333. The Bertz CT molecular complexity index is 1830. The normalized spacial score (nSPS) is 31.6. The molecule has 0 aliphatic carbocycles. The van der Waals surface area contributed by atoms with E-state index in [0.717, 1.165) is 83.5 Å². The Hall–Kier alpha value is -3.55. The molecule has 77 heavy (non-hydrogen) atoms. The first-order valence-electron chi connectivity index (χ1n) is 27.6. The number of ether oxygens (including phenoxy) is 6. The molecule has 438 valence electrons. The molecule has 0 aromatic rings. The average Bonchev–Trinajstić information content (AvgIpc) is 3.42. The predicted molar refractivity (Wildman–Crippen MR) is 290 cm³/mol. The van der Waals surface area contributed by atoms with Crippen LogP contribution in [-0.4, -0.2) is 193 Å². The van der Waals surface area contributed by atoms with E-state index in [2.05, 4.69) is 116 Å². The van der Waals surface area contributed by atoms with Crippen LogP contribution >= 0.6 is 0 Å². The van der Waals surface area contributed by atoms with Gasteiger partial charge in [0, 0.05) is 6.42 Å². The van der Waals surface area contributed by atoms with Gasteiger partial charge in [0.1, 0.15) is 73.2 Å². The average molecular weight is 1090 g/mol. The number of amides is 1. The molecular weight excluding hydrogens is 999 g/mol. The molecule has 0 aromatic heterocycles. The summed E-state index contributed by atoms with van der Waals surface area (Å²) in [5.41, 5.74) is 0. The third kappa shape index (κ3) is 25.2. The van der Waals surface area contributed by atoms with Crippen LogP contribution in [0.4, 0.5) is 0 Å². The topological polar surface area (TPSA) is 307 Å². The second-order valence-corrected chi connectivity index (χ2v) is 19.3. The molecular formula is C58H93NO18. The van der Waals surface area contributed by atoms with E-state index in [1.54, 1.807) is 6.08 Å². The standard InChI is InChI=1S/C58H93NO18/c1-3-5-7-9-10-11-12-13-14-15-16-17-18-19-20-21-22-23-24-25-26-27-28-29-30-32-34-36-46(64)59-41(42(63)35-33-31-8-6-4-2)40-72-56-52(70)49(67)54(44(38-61)74-56)77-58-53(71)50(68)55(45(39-62)75-58)76-57-51(69)48(66)47(65)43(37-60)73-57/h5,7,10-11,13-14,16-17,19-20,22-23,25-26,28-29,33,35,41-45,47-58,60-63,65-71H,3-4,6,8-9,12,15,18,21,24,27,30-32,34,36-40H2,1-2H3,(H,59,64)/b7-5-,11-10-,14-13-,17-16-,20-19-,23-22-,26-25-,29-28-,35-33+. The molecule has 0 spiro atoms. The molecule has 0 radical (unpaired) electrons. The number of carbonyl (C=O) groups is 1. The van der Waals surface area contributed by atoms with Crippen LogP contribution in [0.5, 0.6) is 0 Å². The number of rotatable bonds is 37. The Kier molecular flexibility index (Phi) is 35.7. The maximum Gasteiger partial charge on any atom is 0.220 e. The van der Waals surface area contributed by atoms with Crippen LogP contribution in [0.2, 0.25) is 0 Å². The Balaban J connectivity index is 1.42. The Labute approximate surface area is 455 Å². The number of aliphatic hydroxyl groups excluding tert-OH is 11. The lowest BCUT2D eigenvalue weighted by atomic mass is 9.96. The van der Waals surface area contributed by atoms with Crippen molar-refractivity contribution in [3.05, 3.63) is 109 Å². The molecule has 0 bridgehead atoms. The van der Waals surface area contributed by atoms with Crippen molar-refractivity contribution in [2.24, 2.45) is 0 Å². The highest BCUT2D eigenvalue weighted by Gasteiger charge is 2.53. The highest BCUT2D eigenvalue weighted by Crippen LogP contribution is 2.33. The fraction of sp³-hybridized carbons (Fsp3) is 0.672. The van der Waals surface area contributed by atoms with E-state index in [1.165, 1.54) is 0 Å². The summed E-state index contributed by atoms with van der Waals surface area (Å²) >= 11 is 0. The minimum Gasteiger partial charge on any atom is -0.394 e. The van der Waals surface area contributed by atoms with Gasteiger partial charge < -0.3 is 89.9 Å². The molecule has 0 saturated carbocycles. The van der Waals surface area contributed by atoms with E-state index in [1.807, 2.05) is 6.08 Å². The summed E-state index contributed by atoms with van der Waals surface area (Å²) in [4.78, 5) is 13.2. The predicted octanol–water partition coefficient (Wildman–Crippen LogP) is 3.58. The summed E-state index contributed by atoms with van der Waals surface area (Å²) in [6.45, 7) is 1.39. The third-order valence-electron chi connectivity index (χ3n) is 13.1. The molecule has 12 N–H and O–H groups in total. The first-order chi connectivity index (χ1) is 37.3. The molecule has 17 atom stereocenters. The molecule has 0 aromatic carbocycles. The van der Waals surface area contributed by atoms with E-state index in [-0.39, 0.29) is 18.9 Å². The molecule has 1 amide bonds. The van der Waals surface area contributed by atoms with Crippen molar-refractivity contribution in [1.29, 1.82) is 0 Å². The van der Waals surface area contributed by atoms with Crippen LogP contribution in [0, 0.1) is 0 Å². The van der Waals surface area contributed by atoms with Gasteiger partial charge in [-0.2, -0.15) is 0 Å². The number of allylic oxidation sites excluding steroid dienone is 17. The van der Waals surface area contributed by atoms with Crippen molar-refractivity contribution in [3.63, 3.8) is 0 Å². The lowest BCUT2D eigenvalue weighted by molar-refractivity contribution is -0.379. The lowest BCUT2D eigenvalue weighted by Gasteiger charge is -2.48. The Morgan fingerprint density at radius 3 is 1.35 bits per heavy atom. The van der Waals surface area contributed by atoms with Crippen molar-refractivity contribution in [3.8, 4) is 0 Å². The fourth-order valence-electron chi connectivity index (χ4n) is 8.50. The van der Waals surface area contributed by atoms with Gasteiger partial charge in [-0.05, 0) is 83.5 Å². The zero-order chi connectivity index (χ0) is 56.2. The fourth-order valence-corrected chi connectivity index (χ4v) is 8.50. The number of hydrogen-bond donors (Lipinski definition) is 12. The number of carbonyl (C=O) groups excluding carboxylic acids is 1. The number of hydrogen-bond acceptors (Lipinski definition) is 18. The molecule has 3 heterocycles. The molecule has 3 fully saturated rings. The van der Waals surface area contributed by atoms with Crippen LogP contribution in [0.25, 0.3) is 0 Å². The van der Waals surface area contributed by atoms with Crippen LogP contribution in [0.3, 0.4) is 0 Å². The first kappa shape index (κ1) is 67.7. The Morgan fingerprint density at radius 1 is 0.481 bits per heavy atom. The highest BCUT2D eigenvalue weighted by atomic mass is 16.8. The monoisotopic (exact) mass is 1090 g/mol.